The Hall–Kier alpha value is -1.66. The Bertz CT molecular complexity index is 506. The first-order chi connectivity index (χ1) is 9.60. The van der Waals surface area contributed by atoms with Crippen molar-refractivity contribution in [2.75, 3.05) is 39.3 Å². The van der Waals surface area contributed by atoms with Crippen LogP contribution in [-0.2, 0) is 0 Å². The summed E-state index contributed by atoms with van der Waals surface area (Å²) < 4.78 is 0. The molecule has 1 saturated heterocycles. The number of pyridine rings is 1. The highest BCUT2D eigenvalue weighted by molar-refractivity contribution is 5.92. The van der Waals surface area contributed by atoms with Gasteiger partial charge in [0.15, 0.2) is 0 Å². The minimum atomic E-state index is -0.244. The predicted octanol–water partition coefficient (Wildman–Crippen LogP) is -0.272. The molecule has 0 aromatic carbocycles. The van der Waals surface area contributed by atoms with Crippen LogP contribution in [0.25, 0.3) is 0 Å². The molecule has 20 heavy (non-hydrogen) atoms. The van der Waals surface area contributed by atoms with Crippen LogP contribution in [0.5, 0.6) is 0 Å². The monoisotopic (exact) mass is 278 g/mol. The van der Waals surface area contributed by atoms with E-state index in [-0.39, 0.29) is 11.5 Å². The molecular weight excluding hydrogens is 256 g/mol. The van der Waals surface area contributed by atoms with E-state index in [1.807, 2.05) is 0 Å². The lowest BCUT2D eigenvalue weighted by Gasteiger charge is -2.35. The molecule has 1 fully saturated rings. The molecule has 1 aliphatic rings. The average Bonchev–Trinajstić information content (AvgIpc) is 2.47. The molecule has 6 heteroatoms. The van der Waals surface area contributed by atoms with Gasteiger partial charge in [0, 0.05) is 38.8 Å². The molecule has 1 aromatic heterocycles. The van der Waals surface area contributed by atoms with Gasteiger partial charge in [-0.25, -0.2) is 0 Å². The molecule has 0 radical (unpaired) electrons. The normalized spacial score (nSPS) is 18.0. The van der Waals surface area contributed by atoms with Gasteiger partial charge in [0.05, 0.1) is 0 Å². The molecule has 3 N–H and O–H groups in total. The molecule has 0 spiro atoms. The molecule has 1 aromatic rings. The van der Waals surface area contributed by atoms with E-state index in [1.165, 1.54) is 6.07 Å². The number of carbonyl (C=O) groups excluding carboxylic acids is 1. The molecule has 1 aliphatic heterocycles. The van der Waals surface area contributed by atoms with Crippen LogP contribution < -0.4 is 11.3 Å². The third-order valence-electron chi connectivity index (χ3n) is 3.63. The third-order valence-corrected chi connectivity index (χ3v) is 3.63. The molecule has 110 valence electrons. The smallest absolute Gasteiger partial charge is 0.270 e. The van der Waals surface area contributed by atoms with Gasteiger partial charge < -0.3 is 15.6 Å². The van der Waals surface area contributed by atoms with Crippen molar-refractivity contribution in [1.82, 2.24) is 14.8 Å². The van der Waals surface area contributed by atoms with Crippen LogP contribution in [0.4, 0.5) is 0 Å². The maximum absolute atomic E-state index is 12.3. The summed E-state index contributed by atoms with van der Waals surface area (Å²) in [7, 11) is 0. The fraction of sp³-hybridized carbons (Fsp3) is 0.571. The Labute approximate surface area is 118 Å². The van der Waals surface area contributed by atoms with E-state index in [4.69, 9.17) is 5.73 Å². The molecule has 2 heterocycles. The summed E-state index contributed by atoms with van der Waals surface area (Å²) in [4.78, 5) is 30.2. The first kappa shape index (κ1) is 14.7. The van der Waals surface area contributed by atoms with Gasteiger partial charge in [-0.2, -0.15) is 0 Å². The number of nitrogens with two attached hydrogens (primary N) is 1. The number of hydrogen-bond donors (Lipinski definition) is 2. The summed E-state index contributed by atoms with van der Waals surface area (Å²) in [6.45, 7) is 6.87. The lowest BCUT2D eigenvalue weighted by molar-refractivity contribution is 0.0616. The minimum absolute atomic E-state index is 0.103. The molecule has 0 bridgehead atoms. The average molecular weight is 278 g/mol. The molecule has 1 atom stereocenters. The lowest BCUT2D eigenvalue weighted by atomic mass is 10.1. The van der Waals surface area contributed by atoms with Crippen LogP contribution in [0.3, 0.4) is 0 Å². The van der Waals surface area contributed by atoms with Crippen LogP contribution in [0.2, 0.25) is 0 Å². The Balaban J connectivity index is 1.90. The first-order valence-electron chi connectivity index (χ1n) is 7.01. The topological polar surface area (TPSA) is 82.4 Å². The number of nitrogens with one attached hydrogen (secondary N) is 1. The first-order valence-corrected chi connectivity index (χ1v) is 7.01. The third kappa shape index (κ3) is 3.68. The van der Waals surface area contributed by atoms with Crippen molar-refractivity contribution < 1.29 is 4.79 Å². The maximum Gasteiger partial charge on any atom is 0.270 e. The van der Waals surface area contributed by atoms with E-state index in [0.29, 0.717) is 31.2 Å². The second-order valence-electron chi connectivity index (χ2n) is 5.36. The van der Waals surface area contributed by atoms with Gasteiger partial charge in [-0.1, -0.05) is 13.0 Å². The highest BCUT2D eigenvalue weighted by atomic mass is 16.2. The number of H-pyrrole nitrogens is 1. The standard InChI is InChI=1S/C14H22N4O2/c1-11(9-15)10-17-5-7-18(8-6-17)14(20)12-3-2-4-13(19)16-12/h2-4,11H,5-10,15H2,1H3,(H,16,19). The van der Waals surface area contributed by atoms with Crippen LogP contribution >= 0.6 is 0 Å². The second kappa shape index (κ2) is 6.67. The van der Waals surface area contributed by atoms with Crippen LogP contribution in [0.15, 0.2) is 23.0 Å². The zero-order valence-electron chi connectivity index (χ0n) is 11.8. The maximum atomic E-state index is 12.3. The van der Waals surface area contributed by atoms with E-state index in [9.17, 15) is 9.59 Å². The summed E-state index contributed by atoms with van der Waals surface area (Å²) in [6.07, 6.45) is 0. The quantitative estimate of drug-likeness (QED) is 0.794. The number of aromatic amines is 1. The lowest BCUT2D eigenvalue weighted by Crippen LogP contribution is -2.50. The highest BCUT2D eigenvalue weighted by Crippen LogP contribution is 2.08. The Morgan fingerprint density at radius 2 is 2.05 bits per heavy atom. The molecular formula is C14H22N4O2. The van der Waals surface area contributed by atoms with Crippen molar-refractivity contribution in [3.8, 4) is 0 Å². The van der Waals surface area contributed by atoms with Crippen molar-refractivity contribution >= 4 is 5.91 Å². The van der Waals surface area contributed by atoms with Gasteiger partial charge in [-0.3, -0.25) is 14.5 Å². The summed E-state index contributed by atoms with van der Waals surface area (Å²) in [5.41, 5.74) is 5.75. The van der Waals surface area contributed by atoms with Gasteiger partial charge in [0.1, 0.15) is 5.69 Å². The molecule has 2 rings (SSSR count). The summed E-state index contributed by atoms with van der Waals surface area (Å²) in [6, 6.07) is 4.65. The number of carbonyl (C=O) groups is 1. The summed E-state index contributed by atoms with van der Waals surface area (Å²) in [5, 5.41) is 0. The number of aromatic nitrogens is 1. The van der Waals surface area contributed by atoms with Gasteiger partial charge in [0.25, 0.3) is 5.91 Å². The van der Waals surface area contributed by atoms with Gasteiger partial charge in [-0.15, -0.1) is 0 Å². The summed E-state index contributed by atoms with van der Waals surface area (Å²) >= 11 is 0. The Kier molecular flexibility index (Phi) is 4.92. The number of rotatable bonds is 4. The zero-order chi connectivity index (χ0) is 14.5. The molecule has 0 saturated carbocycles. The second-order valence-corrected chi connectivity index (χ2v) is 5.36. The van der Waals surface area contributed by atoms with Crippen molar-refractivity contribution in [1.29, 1.82) is 0 Å². The van der Waals surface area contributed by atoms with E-state index in [2.05, 4.69) is 16.8 Å². The molecule has 0 aliphatic carbocycles. The summed E-state index contributed by atoms with van der Waals surface area (Å²) in [5.74, 6) is 0.372. The van der Waals surface area contributed by atoms with Crippen LogP contribution in [-0.4, -0.2) is 60.0 Å². The van der Waals surface area contributed by atoms with Crippen LogP contribution in [0.1, 0.15) is 17.4 Å². The molecule has 6 nitrogen and oxygen atoms in total. The highest BCUT2D eigenvalue weighted by Gasteiger charge is 2.23. The van der Waals surface area contributed by atoms with Crippen molar-refractivity contribution in [3.63, 3.8) is 0 Å². The van der Waals surface area contributed by atoms with Crippen molar-refractivity contribution in [3.05, 3.63) is 34.2 Å². The zero-order valence-corrected chi connectivity index (χ0v) is 11.8. The van der Waals surface area contributed by atoms with E-state index in [0.717, 1.165) is 19.6 Å². The molecule has 1 amide bonds. The van der Waals surface area contributed by atoms with Gasteiger partial charge in [0.2, 0.25) is 5.56 Å². The molecule has 1 unspecified atom stereocenters. The van der Waals surface area contributed by atoms with Crippen molar-refractivity contribution in [2.24, 2.45) is 11.7 Å². The number of nitrogens with zero attached hydrogens (tertiary/aromatic N) is 2. The Morgan fingerprint density at radius 3 is 2.65 bits per heavy atom. The number of piperazine rings is 1. The fourth-order valence-electron chi connectivity index (χ4n) is 2.39. The SMILES string of the molecule is CC(CN)CN1CCN(C(=O)c2cccc(=O)[nH]2)CC1. The van der Waals surface area contributed by atoms with Crippen LogP contribution in [0, 0.1) is 5.92 Å². The van der Waals surface area contributed by atoms with E-state index in [1.54, 1.807) is 17.0 Å². The minimum Gasteiger partial charge on any atom is -0.335 e. The number of hydrogen-bond acceptors (Lipinski definition) is 4. The van der Waals surface area contributed by atoms with Crippen molar-refractivity contribution in [2.45, 2.75) is 6.92 Å². The van der Waals surface area contributed by atoms with Gasteiger partial charge >= 0.3 is 0 Å². The largest absolute Gasteiger partial charge is 0.335 e. The van der Waals surface area contributed by atoms with E-state index >= 15 is 0 Å². The predicted molar refractivity (Wildman–Crippen MR) is 77.6 cm³/mol. The van der Waals surface area contributed by atoms with E-state index < -0.39 is 0 Å². The Morgan fingerprint density at radius 1 is 1.35 bits per heavy atom. The fourth-order valence-corrected chi connectivity index (χ4v) is 2.39. The number of amides is 1. The van der Waals surface area contributed by atoms with Gasteiger partial charge in [-0.05, 0) is 18.5 Å².